The average molecular weight is 402 g/mol. The number of rotatable bonds is 5. The molecule has 1 saturated heterocycles. The third kappa shape index (κ3) is 3.60. The maximum absolute atomic E-state index is 12.8. The molecule has 1 unspecified atom stereocenters. The molecule has 0 spiro atoms. The maximum Gasteiger partial charge on any atom is 0.227 e. The minimum Gasteiger partial charge on any atom is -0.493 e. The van der Waals surface area contributed by atoms with Crippen LogP contribution < -0.4 is 14.4 Å². The van der Waals surface area contributed by atoms with Crippen molar-refractivity contribution in [2.45, 2.75) is 44.1 Å². The summed E-state index contributed by atoms with van der Waals surface area (Å²) in [6.45, 7) is 0.647. The lowest BCUT2D eigenvalue weighted by atomic mass is 9.98. The third-order valence-electron chi connectivity index (χ3n) is 6.27. The molecule has 2 aromatic carbocycles. The van der Waals surface area contributed by atoms with Crippen molar-refractivity contribution in [3.8, 4) is 11.5 Å². The van der Waals surface area contributed by atoms with Gasteiger partial charge in [-0.3, -0.25) is 9.78 Å². The summed E-state index contributed by atoms with van der Waals surface area (Å²) < 4.78 is 11.8. The predicted molar refractivity (Wildman–Crippen MR) is 117 cm³/mol. The number of amides is 1. The van der Waals surface area contributed by atoms with Gasteiger partial charge in [-0.05, 0) is 55.5 Å². The van der Waals surface area contributed by atoms with E-state index in [0.29, 0.717) is 13.0 Å². The van der Waals surface area contributed by atoms with Gasteiger partial charge in [-0.15, -0.1) is 0 Å². The molecule has 1 aliphatic heterocycles. The first-order valence-electron chi connectivity index (χ1n) is 10.7. The van der Waals surface area contributed by atoms with Gasteiger partial charge in [0.05, 0.1) is 30.6 Å². The third-order valence-corrected chi connectivity index (χ3v) is 6.27. The summed E-state index contributed by atoms with van der Waals surface area (Å²) in [5.41, 5.74) is 2.92. The molecule has 5 rings (SSSR count). The molecule has 2 aliphatic rings. The van der Waals surface area contributed by atoms with Crippen LogP contribution in [0.1, 0.15) is 43.6 Å². The zero-order valence-corrected chi connectivity index (χ0v) is 17.2. The number of para-hydroxylation sites is 1. The molecular weight excluding hydrogens is 376 g/mol. The zero-order chi connectivity index (χ0) is 20.5. The SMILES string of the molecule is COc1ccc(C2CC(=O)N(c3cnc4ccccc4c3)C2)cc1OC1CCCC1. The second kappa shape index (κ2) is 7.98. The molecule has 1 saturated carbocycles. The molecule has 154 valence electrons. The number of carbonyl (C=O) groups excluding carboxylic acids is 1. The van der Waals surface area contributed by atoms with Gasteiger partial charge in [0.15, 0.2) is 11.5 Å². The minimum absolute atomic E-state index is 0.126. The van der Waals surface area contributed by atoms with Gasteiger partial charge in [0.25, 0.3) is 0 Å². The van der Waals surface area contributed by atoms with Crippen LogP contribution in [0.3, 0.4) is 0 Å². The molecule has 1 amide bonds. The highest BCUT2D eigenvalue weighted by atomic mass is 16.5. The summed E-state index contributed by atoms with van der Waals surface area (Å²) in [6.07, 6.45) is 7.18. The van der Waals surface area contributed by atoms with Crippen molar-refractivity contribution in [2.24, 2.45) is 0 Å². The van der Waals surface area contributed by atoms with Crippen LogP contribution in [0.2, 0.25) is 0 Å². The topological polar surface area (TPSA) is 51.7 Å². The Morgan fingerprint density at radius 2 is 1.87 bits per heavy atom. The van der Waals surface area contributed by atoms with E-state index < -0.39 is 0 Å². The van der Waals surface area contributed by atoms with Crippen molar-refractivity contribution in [1.29, 1.82) is 0 Å². The molecule has 30 heavy (non-hydrogen) atoms. The summed E-state index contributed by atoms with van der Waals surface area (Å²) in [4.78, 5) is 19.2. The van der Waals surface area contributed by atoms with Gasteiger partial charge in [0, 0.05) is 24.3 Å². The summed E-state index contributed by atoms with van der Waals surface area (Å²) in [5.74, 6) is 1.80. The molecule has 1 aliphatic carbocycles. The van der Waals surface area contributed by atoms with Crippen LogP contribution in [0.15, 0.2) is 54.7 Å². The van der Waals surface area contributed by atoms with Gasteiger partial charge in [-0.1, -0.05) is 24.3 Å². The first-order valence-corrected chi connectivity index (χ1v) is 10.7. The minimum atomic E-state index is 0.126. The van der Waals surface area contributed by atoms with Crippen LogP contribution in [-0.2, 0) is 4.79 Å². The number of nitrogens with zero attached hydrogens (tertiary/aromatic N) is 2. The zero-order valence-electron chi connectivity index (χ0n) is 17.2. The Morgan fingerprint density at radius 1 is 1.03 bits per heavy atom. The Morgan fingerprint density at radius 3 is 2.70 bits per heavy atom. The number of pyridine rings is 1. The number of ether oxygens (including phenoxy) is 2. The van der Waals surface area contributed by atoms with E-state index in [-0.39, 0.29) is 17.9 Å². The normalized spacial score (nSPS) is 19.6. The first kappa shape index (κ1) is 18.9. The van der Waals surface area contributed by atoms with Crippen molar-refractivity contribution in [3.05, 3.63) is 60.3 Å². The molecule has 0 N–H and O–H groups in total. The fourth-order valence-corrected chi connectivity index (χ4v) is 4.61. The number of methoxy groups -OCH3 is 1. The summed E-state index contributed by atoms with van der Waals surface area (Å²) in [6, 6.07) is 16.1. The maximum atomic E-state index is 12.8. The Hall–Kier alpha value is -3.08. The Balaban J connectivity index is 1.39. The van der Waals surface area contributed by atoms with Crippen LogP contribution in [0.25, 0.3) is 10.9 Å². The Bertz CT molecular complexity index is 1070. The second-order valence-electron chi connectivity index (χ2n) is 8.23. The van der Waals surface area contributed by atoms with Crippen LogP contribution in [0.5, 0.6) is 11.5 Å². The predicted octanol–water partition coefficient (Wildman–Crippen LogP) is 5.09. The summed E-state index contributed by atoms with van der Waals surface area (Å²) in [7, 11) is 1.67. The van der Waals surface area contributed by atoms with E-state index in [0.717, 1.165) is 46.5 Å². The lowest BCUT2D eigenvalue weighted by molar-refractivity contribution is -0.117. The van der Waals surface area contributed by atoms with Crippen molar-refractivity contribution in [1.82, 2.24) is 4.98 Å². The van der Waals surface area contributed by atoms with Gasteiger partial charge in [-0.25, -0.2) is 0 Å². The number of fused-ring (bicyclic) bond motifs is 1. The number of hydrogen-bond acceptors (Lipinski definition) is 4. The van der Waals surface area contributed by atoms with Gasteiger partial charge in [0.2, 0.25) is 5.91 Å². The molecule has 5 heteroatoms. The van der Waals surface area contributed by atoms with Crippen LogP contribution in [0.4, 0.5) is 5.69 Å². The molecule has 0 radical (unpaired) electrons. The van der Waals surface area contributed by atoms with Gasteiger partial charge in [0.1, 0.15) is 0 Å². The van der Waals surface area contributed by atoms with Crippen LogP contribution in [-0.4, -0.2) is 30.6 Å². The standard InChI is InChI=1S/C25H26N2O3/c1-29-23-11-10-17(13-24(23)30-21-7-3-4-8-21)19-14-25(28)27(16-19)20-12-18-6-2-5-9-22(18)26-15-20/h2,5-6,9-13,15,19,21H,3-4,7-8,14,16H2,1H3. The molecule has 1 aromatic heterocycles. The van der Waals surface area contributed by atoms with E-state index >= 15 is 0 Å². The fourth-order valence-electron chi connectivity index (χ4n) is 4.61. The average Bonchev–Trinajstić information content (AvgIpc) is 3.43. The lowest BCUT2D eigenvalue weighted by Gasteiger charge is -2.19. The monoisotopic (exact) mass is 402 g/mol. The van der Waals surface area contributed by atoms with E-state index in [4.69, 9.17) is 9.47 Å². The number of hydrogen-bond donors (Lipinski definition) is 0. The van der Waals surface area contributed by atoms with Crippen molar-refractivity contribution < 1.29 is 14.3 Å². The van der Waals surface area contributed by atoms with E-state index in [2.05, 4.69) is 17.1 Å². The Labute approximate surface area is 176 Å². The molecule has 2 fully saturated rings. The molecule has 5 nitrogen and oxygen atoms in total. The summed E-state index contributed by atoms with van der Waals surface area (Å²) in [5, 5.41) is 1.04. The highest BCUT2D eigenvalue weighted by Crippen LogP contribution is 2.38. The number of benzene rings is 2. The largest absolute Gasteiger partial charge is 0.493 e. The second-order valence-corrected chi connectivity index (χ2v) is 8.23. The van der Waals surface area contributed by atoms with E-state index in [1.54, 1.807) is 13.3 Å². The van der Waals surface area contributed by atoms with Gasteiger partial charge in [-0.2, -0.15) is 0 Å². The van der Waals surface area contributed by atoms with Crippen molar-refractivity contribution in [2.75, 3.05) is 18.6 Å². The molecule has 3 aromatic rings. The number of aromatic nitrogens is 1. The molecule has 1 atom stereocenters. The molecule has 0 bridgehead atoms. The van der Waals surface area contributed by atoms with E-state index in [9.17, 15) is 4.79 Å². The first-order chi connectivity index (χ1) is 14.7. The fraction of sp³-hybridized carbons (Fsp3) is 0.360. The smallest absolute Gasteiger partial charge is 0.227 e. The van der Waals surface area contributed by atoms with E-state index in [1.165, 1.54) is 12.8 Å². The van der Waals surface area contributed by atoms with Crippen molar-refractivity contribution >= 4 is 22.5 Å². The molecule has 2 heterocycles. The Kier molecular flexibility index (Phi) is 5.03. The number of anilines is 1. The lowest BCUT2D eigenvalue weighted by Crippen LogP contribution is -2.24. The highest BCUT2D eigenvalue weighted by Gasteiger charge is 2.32. The van der Waals surface area contributed by atoms with Gasteiger partial charge >= 0.3 is 0 Å². The van der Waals surface area contributed by atoms with E-state index in [1.807, 2.05) is 41.3 Å². The quantitative estimate of drug-likeness (QED) is 0.597. The summed E-state index contributed by atoms with van der Waals surface area (Å²) >= 11 is 0. The van der Waals surface area contributed by atoms with Gasteiger partial charge < -0.3 is 14.4 Å². The van der Waals surface area contributed by atoms with Crippen LogP contribution in [0, 0.1) is 0 Å². The number of carbonyl (C=O) groups is 1. The highest BCUT2D eigenvalue weighted by molar-refractivity contribution is 5.98. The molecular formula is C25H26N2O3. The van der Waals surface area contributed by atoms with Crippen LogP contribution >= 0.6 is 0 Å². The van der Waals surface area contributed by atoms with Crippen molar-refractivity contribution in [3.63, 3.8) is 0 Å².